The zero-order chi connectivity index (χ0) is 35.9. The fourth-order valence-corrected chi connectivity index (χ4v) is 6.09. The fraction of sp³-hybridized carbons (Fsp3) is 0.541. The van der Waals surface area contributed by atoms with Crippen molar-refractivity contribution in [3.63, 3.8) is 0 Å². The highest BCUT2D eigenvalue weighted by Crippen LogP contribution is 2.28. The van der Waals surface area contributed by atoms with Crippen molar-refractivity contribution < 1.29 is 33.4 Å². The lowest BCUT2D eigenvalue weighted by atomic mass is 9.97. The minimum absolute atomic E-state index is 0. The predicted octanol–water partition coefficient (Wildman–Crippen LogP) is 1.81. The Labute approximate surface area is 306 Å². The maximum Gasteiger partial charge on any atom is 0.257 e. The Bertz CT molecular complexity index is 1450. The van der Waals surface area contributed by atoms with E-state index in [-0.39, 0.29) is 68.0 Å². The minimum atomic E-state index is -1.02. The van der Waals surface area contributed by atoms with Gasteiger partial charge < -0.3 is 41.4 Å². The minimum Gasteiger partial charge on any atom is -0.493 e. The molecule has 2 aliphatic rings. The summed E-state index contributed by atoms with van der Waals surface area (Å²) >= 11 is 0. The largest absolute Gasteiger partial charge is 0.493 e. The molecule has 1 saturated heterocycles. The van der Waals surface area contributed by atoms with Crippen molar-refractivity contribution in [3.8, 4) is 11.5 Å². The smallest absolute Gasteiger partial charge is 0.257 e. The zero-order valence-corrected chi connectivity index (χ0v) is 30.6. The molecule has 280 valence electrons. The summed E-state index contributed by atoms with van der Waals surface area (Å²) in [6, 6.07) is 12.0. The molecular formula is C37H53ClN6O7. The summed E-state index contributed by atoms with van der Waals surface area (Å²) in [5.74, 6) is -1.54. The van der Waals surface area contributed by atoms with Gasteiger partial charge in [0.1, 0.15) is 18.1 Å². The lowest BCUT2D eigenvalue weighted by Crippen LogP contribution is -2.58. The van der Waals surface area contributed by atoms with Crippen LogP contribution in [0.3, 0.4) is 0 Å². The van der Waals surface area contributed by atoms with Crippen LogP contribution in [-0.2, 0) is 36.8 Å². The van der Waals surface area contributed by atoms with Crippen LogP contribution in [0.5, 0.6) is 11.5 Å². The zero-order valence-electron chi connectivity index (χ0n) is 29.8. The Morgan fingerprint density at radius 1 is 0.902 bits per heavy atom. The molecule has 0 aromatic heterocycles. The van der Waals surface area contributed by atoms with Gasteiger partial charge in [-0.15, -0.1) is 12.4 Å². The molecule has 4 rings (SSSR count). The number of hydrogen-bond donors (Lipinski definition) is 6. The number of nitrogens with one attached hydrogen (secondary N) is 6. The van der Waals surface area contributed by atoms with E-state index in [1.165, 1.54) is 7.11 Å². The van der Waals surface area contributed by atoms with Gasteiger partial charge >= 0.3 is 0 Å². The molecule has 51 heavy (non-hydrogen) atoms. The van der Waals surface area contributed by atoms with Crippen LogP contribution >= 0.6 is 12.4 Å². The highest BCUT2D eigenvalue weighted by Gasteiger charge is 2.32. The highest BCUT2D eigenvalue weighted by molar-refractivity contribution is 5.94. The molecule has 1 unspecified atom stereocenters. The third kappa shape index (κ3) is 13.0. The molecule has 5 amide bonds. The number of carbonyl (C=O) groups is 5. The summed E-state index contributed by atoms with van der Waals surface area (Å²) in [5.41, 5.74) is 1.77. The first-order valence-electron chi connectivity index (χ1n) is 17.6. The molecule has 13 nitrogen and oxygen atoms in total. The number of piperidine rings is 1. The Morgan fingerprint density at radius 3 is 2.35 bits per heavy atom. The van der Waals surface area contributed by atoms with E-state index in [1.807, 2.05) is 56.3 Å². The van der Waals surface area contributed by atoms with Gasteiger partial charge in [-0.25, -0.2) is 0 Å². The number of fused-ring (bicyclic) bond motifs is 2. The molecule has 0 radical (unpaired) electrons. The number of amides is 5. The third-order valence-electron chi connectivity index (χ3n) is 8.98. The Kier molecular flexibility index (Phi) is 17.0. The first-order chi connectivity index (χ1) is 24.1. The molecule has 0 saturated carbocycles. The second-order valence-electron chi connectivity index (χ2n) is 13.2. The number of aryl methyl sites for hydroxylation is 1. The molecule has 0 aliphatic carbocycles. The van der Waals surface area contributed by atoms with Crippen LogP contribution < -0.4 is 41.4 Å². The monoisotopic (exact) mass is 728 g/mol. The van der Waals surface area contributed by atoms with Crippen molar-refractivity contribution in [2.75, 3.05) is 39.9 Å². The predicted molar refractivity (Wildman–Crippen MR) is 196 cm³/mol. The van der Waals surface area contributed by atoms with Crippen LogP contribution in [0.25, 0.3) is 0 Å². The van der Waals surface area contributed by atoms with E-state index in [0.717, 1.165) is 24.1 Å². The molecule has 4 atom stereocenters. The Morgan fingerprint density at radius 2 is 1.65 bits per heavy atom. The normalized spacial score (nSPS) is 23.0. The molecule has 2 aromatic rings. The standard InChI is InChI=1S/C37H52N6O7.ClH/c1-24(2)33-37(48)40-19-7-12-26-15-16-30(49-3)31(21-26)50-23-32(44)39-18-9-14-28(41-34(45)27-13-8-17-38-22-27)35(46)42-29(36(47)43-33)20-25-10-5-4-6-11-25;/h4-6,10-11,15-16,21,24,27-29,33,38H,7-9,12-14,17-20,22-23H2,1-3H3,(H,39,44)(H,40,48)(H,41,45)(H,42,46)(H,43,47);1H/t27-,28?,29-,33+;/m0./s1. The van der Waals surface area contributed by atoms with E-state index in [2.05, 4.69) is 31.9 Å². The number of ether oxygens (including phenoxy) is 2. The van der Waals surface area contributed by atoms with Crippen LogP contribution in [0.4, 0.5) is 0 Å². The van der Waals surface area contributed by atoms with E-state index in [4.69, 9.17) is 9.47 Å². The van der Waals surface area contributed by atoms with Gasteiger partial charge in [-0.1, -0.05) is 50.2 Å². The van der Waals surface area contributed by atoms with Crippen molar-refractivity contribution in [2.24, 2.45) is 11.8 Å². The topological polar surface area (TPSA) is 176 Å². The molecule has 1 fully saturated rings. The second-order valence-corrected chi connectivity index (χ2v) is 13.2. The summed E-state index contributed by atoms with van der Waals surface area (Å²) in [7, 11) is 1.52. The fourth-order valence-electron chi connectivity index (χ4n) is 6.09. The van der Waals surface area contributed by atoms with Crippen LogP contribution in [-0.4, -0.2) is 87.6 Å². The third-order valence-corrected chi connectivity index (χ3v) is 8.98. The molecule has 2 aliphatic heterocycles. The lowest BCUT2D eigenvalue weighted by Gasteiger charge is -2.28. The van der Waals surface area contributed by atoms with Gasteiger partial charge in [0.2, 0.25) is 23.6 Å². The van der Waals surface area contributed by atoms with Crippen molar-refractivity contribution in [3.05, 3.63) is 59.7 Å². The van der Waals surface area contributed by atoms with E-state index in [9.17, 15) is 24.0 Å². The number of halogens is 1. The Hall–Kier alpha value is -4.36. The summed E-state index contributed by atoms with van der Waals surface area (Å²) in [6.45, 7) is 5.42. The first-order valence-corrected chi connectivity index (χ1v) is 17.6. The van der Waals surface area contributed by atoms with Gasteiger partial charge in [0, 0.05) is 26.1 Å². The van der Waals surface area contributed by atoms with E-state index >= 15 is 0 Å². The van der Waals surface area contributed by atoms with E-state index in [1.54, 1.807) is 6.07 Å². The average Bonchev–Trinajstić information content (AvgIpc) is 3.12. The van der Waals surface area contributed by atoms with Crippen molar-refractivity contribution >= 4 is 41.9 Å². The molecule has 2 heterocycles. The van der Waals surface area contributed by atoms with Gasteiger partial charge in [0.15, 0.2) is 18.1 Å². The maximum absolute atomic E-state index is 13.9. The van der Waals surface area contributed by atoms with Gasteiger partial charge in [-0.05, 0) is 74.2 Å². The summed E-state index contributed by atoms with van der Waals surface area (Å²) in [4.78, 5) is 67.1. The van der Waals surface area contributed by atoms with Crippen molar-refractivity contribution in [1.29, 1.82) is 0 Å². The number of carbonyl (C=O) groups excluding carboxylic acids is 5. The number of hydrogen-bond acceptors (Lipinski definition) is 8. The average molecular weight is 729 g/mol. The molecule has 2 bridgehead atoms. The molecule has 2 aromatic carbocycles. The molecule has 6 N–H and O–H groups in total. The van der Waals surface area contributed by atoms with Crippen LogP contribution in [0.2, 0.25) is 0 Å². The molecule has 0 spiro atoms. The molecule has 14 heteroatoms. The quantitative estimate of drug-likeness (QED) is 0.261. The second kappa shape index (κ2) is 21.1. The number of rotatable bonds is 6. The maximum atomic E-state index is 13.9. The van der Waals surface area contributed by atoms with Crippen molar-refractivity contribution in [2.45, 2.75) is 76.9 Å². The SMILES string of the molecule is COc1ccc2cc1OCC(=O)NCCCC(NC(=O)[C@H]1CCCNC1)C(=O)N[C@@H](Cc1ccccc1)C(=O)N[C@H](C(C)C)C(=O)NCCC2.Cl. The number of benzene rings is 2. The molecular weight excluding hydrogens is 676 g/mol. The van der Waals surface area contributed by atoms with E-state index < -0.39 is 29.9 Å². The summed E-state index contributed by atoms with van der Waals surface area (Å²) in [6.07, 6.45) is 3.57. The van der Waals surface area contributed by atoms with Crippen LogP contribution in [0.1, 0.15) is 57.1 Å². The number of methoxy groups -OCH3 is 1. The van der Waals surface area contributed by atoms with Crippen molar-refractivity contribution in [1.82, 2.24) is 31.9 Å². The first kappa shape index (κ1) is 41.1. The lowest BCUT2D eigenvalue weighted by molar-refractivity contribution is -0.135. The van der Waals surface area contributed by atoms with Gasteiger partial charge in [-0.2, -0.15) is 0 Å². The van der Waals surface area contributed by atoms with Crippen LogP contribution in [0, 0.1) is 11.8 Å². The van der Waals surface area contributed by atoms with Gasteiger partial charge in [0.25, 0.3) is 5.91 Å². The van der Waals surface area contributed by atoms with Gasteiger partial charge in [0.05, 0.1) is 13.0 Å². The van der Waals surface area contributed by atoms with E-state index in [0.29, 0.717) is 50.3 Å². The van der Waals surface area contributed by atoms with Gasteiger partial charge in [-0.3, -0.25) is 24.0 Å². The summed E-state index contributed by atoms with van der Waals surface area (Å²) in [5, 5.41) is 17.7. The Balaban J connectivity index is 0.00000702. The summed E-state index contributed by atoms with van der Waals surface area (Å²) < 4.78 is 11.2. The highest BCUT2D eigenvalue weighted by atomic mass is 35.5. The van der Waals surface area contributed by atoms with Crippen LogP contribution in [0.15, 0.2) is 48.5 Å².